The summed E-state index contributed by atoms with van der Waals surface area (Å²) in [5.74, 6) is 0.891. The molecule has 2 aromatic heterocycles. The van der Waals surface area contributed by atoms with Crippen molar-refractivity contribution in [2.24, 2.45) is 0 Å². The average molecular weight is 349 g/mol. The standard InChI is InChI=1S/C20H19N3O3/c1-13-6-8-15(11-21-13)25-12-16-10-19(23-26-16)20(24)22-18-9-7-14-4-2-3-5-17(14)18/h2-6,8,10-11,18H,7,9,12H2,1H3,(H,22,24). The van der Waals surface area contributed by atoms with Crippen LogP contribution in [-0.2, 0) is 13.0 Å². The third-order valence-corrected chi connectivity index (χ3v) is 4.50. The number of rotatable bonds is 5. The smallest absolute Gasteiger partial charge is 0.273 e. The van der Waals surface area contributed by atoms with Crippen LogP contribution in [0.4, 0.5) is 0 Å². The van der Waals surface area contributed by atoms with Crippen LogP contribution in [0.3, 0.4) is 0 Å². The van der Waals surface area contributed by atoms with Crippen LogP contribution in [0.5, 0.6) is 5.75 Å². The summed E-state index contributed by atoms with van der Waals surface area (Å²) in [5, 5.41) is 6.89. The molecule has 26 heavy (non-hydrogen) atoms. The number of benzene rings is 1. The van der Waals surface area contributed by atoms with Crippen LogP contribution in [0.1, 0.15) is 45.5 Å². The van der Waals surface area contributed by atoms with Gasteiger partial charge < -0.3 is 14.6 Å². The largest absolute Gasteiger partial charge is 0.484 e. The molecule has 0 fully saturated rings. The molecule has 6 nitrogen and oxygen atoms in total. The second-order valence-electron chi connectivity index (χ2n) is 6.37. The molecule has 6 heteroatoms. The lowest BCUT2D eigenvalue weighted by Crippen LogP contribution is -2.27. The van der Waals surface area contributed by atoms with E-state index < -0.39 is 0 Å². The summed E-state index contributed by atoms with van der Waals surface area (Å²) in [5.41, 5.74) is 3.65. The first kappa shape index (κ1) is 16.3. The number of aromatic nitrogens is 2. The van der Waals surface area contributed by atoms with Crippen molar-refractivity contribution in [3.8, 4) is 5.75 Å². The normalized spacial score (nSPS) is 15.5. The lowest BCUT2D eigenvalue weighted by Gasteiger charge is -2.12. The van der Waals surface area contributed by atoms with E-state index in [1.807, 2.05) is 31.2 Å². The van der Waals surface area contributed by atoms with E-state index in [9.17, 15) is 4.79 Å². The van der Waals surface area contributed by atoms with Gasteiger partial charge in [-0.2, -0.15) is 0 Å². The minimum absolute atomic E-state index is 0.0220. The first-order valence-electron chi connectivity index (χ1n) is 8.59. The Balaban J connectivity index is 1.37. The number of carbonyl (C=O) groups is 1. The highest BCUT2D eigenvalue weighted by Gasteiger charge is 2.25. The van der Waals surface area contributed by atoms with Gasteiger partial charge in [0.05, 0.1) is 12.2 Å². The SMILES string of the molecule is Cc1ccc(OCc2cc(C(=O)NC3CCc4ccccc43)no2)cn1. The lowest BCUT2D eigenvalue weighted by molar-refractivity contribution is 0.0927. The van der Waals surface area contributed by atoms with Crippen molar-refractivity contribution in [3.05, 3.63) is 76.9 Å². The number of carbonyl (C=O) groups excluding carboxylic acids is 1. The molecule has 0 saturated carbocycles. The zero-order chi connectivity index (χ0) is 17.9. The molecule has 1 aliphatic carbocycles. The lowest BCUT2D eigenvalue weighted by atomic mass is 10.1. The van der Waals surface area contributed by atoms with Gasteiger partial charge in [-0.15, -0.1) is 0 Å². The molecule has 1 atom stereocenters. The molecule has 132 valence electrons. The molecule has 0 aliphatic heterocycles. The van der Waals surface area contributed by atoms with Crippen molar-refractivity contribution in [1.29, 1.82) is 0 Å². The Hall–Kier alpha value is -3.15. The summed E-state index contributed by atoms with van der Waals surface area (Å²) >= 11 is 0. The van der Waals surface area contributed by atoms with Crippen LogP contribution in [0.25, 0.3) is 0 Å². The molecular weight excluding hydrogens is 330 g/mol. The average Bonchev–Trinajstić information content (AvgIpc) is 3.29. The molecular formula is C20H19N3O3. The summed E-state index contributed by atoms with van der Waals surface area (Å²) in [6, 6.07) is 13.5. The monoisotopic (exact) mass is 349 g/mol. The van der Waals surface area contributed by atoms with Gasteiger partial charge in [-0.1, -0.05) is 29.4 Å². The maximum absolute atomic E-state index is 12.5. The van der Waals surface area contributed by atoms with Gasteiger partial charge in [0.2, 0.25) is 0 Å². The summed E-state index contributed by atoms with van der Waals surface area (Å²) in [6.07, 6.45) is 3.53. The van der Waals surface area contributed by atoms with Gasteiger partial charge in [0.15, 0.2) is 11.5 Å². The molecule has 0 spiro atoms. The number of aryl methyl sites for hydroxylation is 2. The highest BCUT2D eigenvalue weighted by atomic mass is 16.5. The fourth-order valence-corrected chi connectivity index (χ4v) is 3.12. The second kappa shape index (κ2) is 7.00. The van der Waals surface area contributed by atoms with E-state index >= 15 is 0 Å². The van der Waals surface area contributed by atoms with E-state index in [-0.39, 0.29) is 24.2 Å². The molecule has 1 unspecified atom stereocenters. The van der Waals surface area contributed by atoms with Crippen molar-refractivity contribution in [2.75, 3.05) is 0 Å². The fourth-order valence-electron chi connectivity index (χ4n) is 3.12. The van der Waals surface area contributed by atoms with Crippen LogP contribution >= 0.6 is 0 Å². The predicted octanol–water partition coefficient (Wildman–Crippen LogP) is 3.37. The zero-order valence-corrected chi connectivity index (χ0v) is 14.4. The van der Waals surface area contributed by atoms with Crippen LogP contribution in [0.15, 0.2) is 53.2 Å². The van der Waals surface area contributed by atoms with Gasteiger partial charge in [0, 0.05) is 11.8 Å². The van der Waals surface area contributed by atoms with E-state index in [0.717, 1.165) is 18.5 Å². The first-order valence-corrected chi connectivity index (χ1v) is 8.59. The van der Waals surface area contributed by atoms with Crippen molar-refractivity contribution < 1.29 is 14.1 Å². The van der Waals surface area contributed by atoms with Gasteiger partial charge in [-0.3, -0.25) is 9.78 Å². The minimum atomic E-state index is -0.237. The van der Waals surface area contributed by atoms with E-state index in [2.05, 4.69) is 27.6 Å². The first-order chi connectivity index (χ1) is 12.7. The topological polar surface area (TPSA) is 77.2 Å². The zero-order valence-electron chi connectivity index (χ0n) is 14.4. The van der Waals surface area contributed by atoms with Crippen LogP contribution in [0, 0.1) is 6.92 Å². The maximum Gasteiger partial charge on any atom is 0.273 e. The van der Waals surface area contributed by atoms with Gasteiger partial charge in [0.1, 0.15) is 12.4 Å². The van der Waals surface area contributed by atoms with Crippen LogP contribution in [-0.4, -0.2) is 16.0 Å². The number of pyridine rings is 1. The Kier molecular flexibility index (Phi) is 4.39. The summed E-state index contributed by atoms with van der Waals surface area (Å²) in [4.78, 5) is 16.6. The molecule has 1 aliphatic rings. The Labute approximate surface area is 151 Å². The van der Waals surface area contributed by atoms with Crippen molar-refractivity contribution in [1.82, 2.24) is 15.5 Å². The molecule has 4 rings (SSSR count). The molecule has 1 N–H and O–H groups in total. The van der Waals surface area contributed by atoms with E-state index in [0.29, 0.717) is 11.5 Å². The summed E-state index contributed by atoms with van der Waals surface area (Å²) < 4.78 is 10.8. The quantitative estimate of drug-likeness (QED) is 0.764. The highest BCUT2D eigenvalue weighted by molar-refractivity contribution is 5.92. The number of fused-ring (bicyclic) bond motifs is 1. The number of amides is 1. The van der Waals surface area contributed by atoms with Crippen molar-refractivity contribution in [2.45, 2.75) is 32.4 Å². The van der Waals surface area contributed by atoms with Gasteiger partial charge in [-0.25, -0.2) is 0 Å². The van der Waals surface area contributed by atoms with E-state index in [1.165, 1.54) is 11.1 Å². The number of ether oxygens (including phenoxy) is 1. The summed E-state index contributed by atoms with van der Waals surface area (Å²) in [6.45, 7) is 2.10. The molecule has 0 saturated heterocycles. The highest BCUT2D eigenvalue weighted by Crippen LogP contribution is 2.30. The minimum Gasteiger partial charge on any atom is -0.484 e. The Bertz CT molecular complexity index is 918. The van der Waals surface area contributed by atoms with E-state index in [1.54, 1.807) is 12.3 Å². The number of hydrogen-bond acceptors (Lipinski definition) is 5. The van der Waals surface area contributed by atoms with Crippen molar-refractivity contribution >= 4 is 5.91 Å². The summed E-state index contributed by atoms with van der Waals surface area (Å²) in [7, 11) is 0. The molecule has 2 heterocycles. The molecule has 3 aromatic rings. The van der Waals surface area contributed by atoms with Gasteiger partial charge >= 0.3 is 0 Å². The molecule has 1 amide bonds. The molecule has 0 radical (unpaired) electrons. The van der Waals surface area contributed by atoms with Gasteiger partial charge in [-0.05, 0) is 43.0 Å². The van der Waals surface area contributed by atoms with Crippen molar-refractivity contribution in [3.63, 3.8) is 0 Å². The fraction of sp³-hybridized carbons (Fsp3) is 0.250. The number of nitrogens with one attached hydrogen (secondary N) is 1. The molecule has 1 aromatic carbocycles. The number of nitrogens with zero attached hydrogens (tertiary/aromatic N) is 2. The van der Waals surface area contributed by atoms with E-state index in [4.69, 9.17) is 9.26 Å². The second-order valence-corrected chi connectivity index (χ2v) is 6.37. The van der Waals surface area contributed by atoms with Crippen LogP contribution in [0.2, 0.25) is 0 Å². The third-order valence-electron chi connectivity index (χ3n) is 4.50. The Morgan fingerprint density at radius 2 is 2.19 bits per heavy atom. The van der Waals surface area contributed by atoms with Gasteiger partial charge in [0.25, 0.3) is 5.91 Å². The molecule has 0 bridgehead atoms. The maximum atomic E-state index is 12.5. The van der Waals surface area contributed by atoms with Crippen LogP contribution < -0.4 is 10.1 Å². The predicted molar refractivity (Wildman–Crippen MR) is 94.8 cm³/mol. The number of hydrogen-bond donors (Lipinski definition) is 1. The Morgan fingerprint density at radius 3 is 3.04 bits per heavy atom. The Morgan fingerprint density at radius 1 is 1.31 bits per heavy atom. The third kappa shape index (κ3) is 3.44.